The first-order valence-electron chi connectivity index (χ1n) is 7.39. The largest absolute Gasteiger partial charge is 0.487 e. The highest BCUT2D eigenvalue weighted by molar-refractivity contribution is 5.59. The summed E-state index contributed by atoms with van der Waals surface area (Å²) < 4.78 is 17.4. The molecule has 0 aliphatic carbocycles. The molecule has 3 aliphatic heterocycles. The molecule has 0 amide bonds. The molecule has 3 atom stereocenters. The molecule has 4 heterocycles. The van der Waals surface area contributed by atoms with Crippen LogP contribution < -0.4 is 9.64 Å². The molecule has 4 rings (SSSR count). The predicted molar refractivity (Wildman–Crippen MR) is 74.3 cm³/mol. The van der Waals surface area contributed by atoms with Crippen LogP contribution in [-0.2, 0) is 9.47 Å². The van der Waals surface area contributed by atoms with Crippen molar-refractivity contribution in [3.8, 4) is 5.75 Å². The number of anilines is 1. The van der Waals surface area contributed by atoms with Gasteiger partial charge in [0, 0.05) is 19.3 Å². The topological polar surface area (TPSA) is 43.8 Å². The maximum Gasteiger partial charge on any atom is 0.172 e. The molecule has 0 radical (unpaired) electrons. The normalized spacial score (nSPS) is 31.9. The van der Waals surface area contributed by atoms with Gasteiger partial charge in [0.25, 0.3) is 0 Å². The van der Waals surface area contributed by atoms with Crippen molar-refractivity contribution in [2.24, 2.45) is 0 Å². The second-order valence-corrected chi connectivity index (χ2v) is 5.88. The lowest BCUT2D eigenvalue weighted by atomic mass is 10.1. The monoisotopic (exact) mass is 276 g/mol. The fourth-order valence-electron chi connectivity index (χ4n) is 3.37. The third kappa shape index (κ3) is 2.05. The summed E-state index contributed by atoms with van der Waals surface area (Å²) in [4.78, 5) is 6.86. The van der Waals surface area contributed by atoms with Gasteiger partial charge in [0.05, 0.1) is 24.9 Å². The highest BCUT2D eigenvalue weighted by Crippen LogP contribution is 2.39. The highest BCUT2D eigenvalue weighted by Gasteiger charge is 2.39. The van der Waals surface area contributed by atoms with Crippen LogP contribution in [0.4, 0.5) is 5.82 Å². The number of fused-ring (bicyclic) bond motifs is 3. The quantitative estimate of drug-likeness (QED) is 0.819. The standard InChI is InChI=1S/C15H20N2O3/c1-10-2-4-16-15-14(10)19-8-11-6-13(7-17(11)15)20-12-3-5-18-9-12/h2,4,11-13H,3,5-9H2,1H3. The molecule has 0 aromatic carbocycles. The van der Waals surface area contributed by atoms with Crippen LogP contribution in [0.5, 0.6) is 5.75 Å². The van der Waals surface area contributed by atoms with Gasteiger partial charge in [-0.2, -0.15) is 0 Å². The summed E-state index contributed by atoms with van der Waals surface area (Å²) in [5.74, 6) is 1.92. The fourth-order valence-corrected chi connectivity index (χ4v) is 3.37. The van der Waals surface area contributed by atoms with Crippen molar-refractivity contribution < 1.29 is 14.2 Å². The van der Waals surface area contributed by atoms with Crippen LogP contribution in [0.3, 0.4) is 0 Å². The van der Waals surface area contributed by atoms with Gasteiger partial charge in [-0.05, 0) is 31.4 Å². The molecule has 1 aromatic heterocycles. The van der Waals surface area contributed by atoms with Crippen LogP contribution in [0.2, 0.25) is 0 Å². The molecule has 2 fully saturated rings. The molecule has 0 saturated carbocycles. The van der Waals surface area contributed by atoms with E-state index in [0.717, 1.165) is 56.3 Å². The minimum absolute atomic E-state index is 0.267. The Morgan fingerprint density at radius 1 is 1.35 bits per heavy atom. The zero-order valence-corrected chi connectivity index (χ0v) is 11.7. The van der Waals surface area contributed by atoms with Crippen molar-refractivity contribution in [3.63, 3.8) is 0 Å². The van der Waals surface area contributed by atoms with E-state index in [2.05, 4.69) is 16.8 Å². The minimum Gasteiger partial charge on any atom is -0.487 e. The summed E-state index contributed by atoms with van der Waals surface area (Å²) in [5, 5.41) is 0. The third-order valence-corrected chi connectivity index (χ3v) is 4.42. The summed E-state index contributed by atoms with van der Waals surface area (Å²) in [6.45, 7) is 5.29. The molecule has 3 aliphatic rings. The van der Waals surface area contributed by atoms with Crippen LogP contribution in [-0.4, -0.2) is 49.6 Å². The Morgan fingerprint density at radius 2 is 2.30 bits per heavy atom. The summed E-state index contributed by atoms with van der Waals surface area (Å²) in [6, 6.07) is 2.39. The number of pyridine rings is 1. The second kappa shape index (κ2) is 4.90. The van der Waals surface area contributed by atoms with Crippen LogP contribution in [0.25, 0.3) is 0 Å². The minimum atomic E-state index is 0.267. The van der Waals surface area contributed by atoms with Crippen molar-refractivity contribution in [2.45, 2.75) is 38.0 Å². The molecule has 0 N–H and O–H groups in total. The first kappa shape index (κ1) is 12.4. The van der Waals surface area contributed by atoms with Gasteiger partial charge in [-0.1, -0.05) is 0 Å². The van der Waals surface area contributed by atoms with E-state index in [9.17, 15) is 0 Å². The fraction of sp³-hybridized carbons (Fsp3) is 0.667. The Labute approximate surface area is 118 Å². The Hall–Kier alpha value is -1.33. The lowest BCUT2D eigenvalue weighted by Crippen LogP contribution is -2.39. The second-order valence-electron chi connectivity index (χ2n) is 5.88. The van der Waals surface area contributed by atoms with Gasteiger partial charge in [0.2, 0.25) is 0 Å². The van der Waals surface area contributed by atoms with E-state index in [1.165, 1.54) is 0 Å². The van der Waals surface area contributed by atoms with Gasteiger partial charge in [0.15, 0.2) is 11.6 Å². The Bertz CT molecular complexity index is 502. The van der Waals surface area contributed by atoms with Crippen molar-refractivity contribution in [3.05, 3.63) is 17.8 Å². The maximum absolute atomic E-state index is 6.16. The number of nitrogens with zero attached hydrogens (tertiary/aromatic N) is 2. The molecular formula is C15H20N2O3. The molecule has 0 bridgehead atoms. The summed E-state index contributed by atoms with van der Waals surface area (Å²) in [7, 11) is 0. The van der Waals surface area contributed by atoms with E-state index in [1.54, 1.807) is 0 Å². The van der Waals surface area contributed by atoms with Crippen LogP contribution in [0, 0.1) is 6.92 Å². The van der Waals surface area contributed by atoms with E-state index < -0.39 is 0 Å². The number of aromatic nitrogens is 1. The maximum atomic E-state index is 6.16. The zero-order valence-electron chi connectivity index (χ0n) is 11.7. The predicted octanol–water partition coefficient (Wildman–Crippen LogP) is 1.54. The van der Waals surface area contributed by atoms with Gasteiger partial charge in [-0.15, -0.1) is 0 Å². The number of aryl methyl sites for hydroxylation is 1. The van der Waals surface area contributed by atoms with Crippen LogP contribution in [0.15, 0.2) is 12.3 Å². The molecular weight excluding hydrogens is 256 g/mol. The Morgan fingerprint density at radius 3 is 3.15 bits per heavy atom. The SMILES string of the molecule is Cc1ccnc2c1OCC1CC(OC3CCOC3)CN21. The first-order chi connectivity index (χ1) is 9.81. The van der Waals surface area contributed by atoms with E-state index in [1.807, 2.05) is 12.3 Å². The number of hydrogen-bond acceptors (Lipinski definition) is 5. The molecule has 2 saturated heterocycles. The average molecular weight is 276 g/mol. The lowest BCUT2D eigenvalue weighted by molar-refractivity contribution is -0.00631. The van der Waals surface area contributed by atoms with Crippen molar-refractivity contribution >= 4 is 5.82 Å². The van der Waals surface area contributed by atoms with Crippen molar-refractivity contribution in [1.29, 1.82) is 0 Å². The molecule has 1 aromatic rings. The van der Waals surface area contributed by atoms with Gasteiger partial charge in [0.1, 0.15) is 6.61 Å². The smallest absolute Gasteiger partial charge is 0.172 e. The molecule has 3 unspecified atom stereocenters. The molecule has 0 spiro atoms. The first-order valence-corrected chi connectivity index (χ1v) is 7.39. The highest BCUT2D eigenvalue weighted by atomic mass is 16.6. The summed E-state index contributed by atoms with van der Waals surface area (Å²) >= 11 is 0. The molecule has 20 heavy (non-hydrogen) atoms. The third-order valence-electron chi connectivity index (χ3n) is 4.42. The van der Waals surface area contributed by atoms with Crippen molar-refractivity contribution in [1.82, 2.24) is 4.98 Å². The van der Waals surface area contributed by atoms with Crippen LogP contribution in [0.1, 0.15) is 18.4 Å². The molecule has 5 nitrogen and oxygen atoms in total. The van der Waals surface area contributed by atoms with E-state index in [0.29, 0.717) is 6.04 Å². The van der Waals surface area contributed by atoms with Gasteiger partial charge < -0.3 is 19.1 Å². The summed E-state index contributed by atoms with van der Waals surface area (Å²) in [5.41, 5.74) is 1.15. The Kier molecular flexibility index (Phi) is 3.04. The number of hydrogen-bond donors (Lipinski definition) is 0. The van der Waals surface area contributed by atoms with E-state index in [-0.39, 0.29) is 12.2 Å². The van der Waals surface area contributed by atoms with E-state index in [4.69, 9.17) is 14.2 Å². The number of ether oxygens (including phenoxy) is 3. The average Bonchev–Trinajstić information content (AvgIpc) is 3.08. The van der Waals surface area contributed by atoms with Gasteiger partial charge in [-0.3, -0.25) is 0 Å². The molecule has 108 valence electrons. The van der Waals surface area contributed by atoms with Gasteiger partial charge >= 0.3 is 0 Å². The van der Waals surface area contributed by atoms with Gasteiger partial charge in [-0.25, -0.2) is 4.98 Å². The van der Waals surface area contributed by atoms with E-state index >= 15 is 0 Å². The summed E-state index contributed by atoms with van der Waals surface area (Å²) in [6.07, 6.45) is 4.44. The Balaban J connectivity index is 1.51. The molecule has 5 heteroatoms. The van der Waals surface area contributed by atoms with Crippen LogP contribution >= 0.6 is 0 Å². The van der Waals surface area contributed by atoms with Crippen molar-refractivity contribution in [2.75, 3.05) is 31.3 Å². The zero-order chi connectivity index (χ0) is 13.5. The number of rotatable bonds is 2. The lowest BCUT2D eigenvalue weighted by Gasteiger charge is -2.32.